The van der Waals surface area contributed by atoms with Crippen LogP contribution in [0.15, 0.2) is 29.1 Å². The largest absolute Gasteiger partial charge is 0.337 e. The van der Waals surface area contributed by atoms with Gasteiger partial charge in [0.15, 0.2) is 5.65 Å². The van der Waals surface area contributed by atoms with Crippen LogP contribution in [0.2, 0.25) is 0 Å². The Bertz CT molecular complexity index is 1200. The number of pyridine rings is 1. The fourth-order valence-electron chi connectivity index (χ4n) is 3.44. The molecule has 0 saturated heterocycles. The molecule has 142 valence electrons. The van der Waals surface area contributed by atoms with E-state index < -0.39 is 17.8 Å². The van der Waals surface area contributed by atoms with E-state index in [4.69, 9.17) is 4.84 Å². The SMILES string of the molecule is Cc1nc2c(c(C)c1CC(=O)ON1C(=O)c3ccccc3C1=O)c(=O)[nH]n2C. The van der Waals surface area contributed by atoms with Gasteiger partial charge in [0.25, 0.3) is 17.4 Å². The molecule has 0 bridgehead atoms. The zero-order valence-corrected chi connectivity index (χ0v) is 15.4. The number of aromatic amines is 1. The fourth-order valence-corrected chi connectivity index (χ4v) is 3.44. The van der Waals surface area contributed by atoms with E-state index in [9.17, 15) is 19.2 Å². The summed E-state index contributed by atoms with van der Waals surface area (Å²) in [6.07, 6.45) is -0.234. The molecule has 28 heavy (non-hydrogen) atoms. The standard InChI is InChI=1S/C19H16N4O5/c1-9-13(10(2)20-16-15(9)17(25)21-22(16)3)8-14(24)28-23-18(26)11-6-4-5-7-12(11)19(23)27/h4-7H,8H2,1-3H3,(H,21,25). The van der Waals surface area contributed by atoms with Crippen molar-refractivity contribution in [1.82, 2.24) is 19.8 Å². The number of carbonyl (C=O) groups is 3. The van der Waals surface area contributed by atoms with Crippen molar-refractivity contribution in [3.8, 4) is 0 Å². The number of nitrogens with one attached hydrogen (secondary N) is 1. The predicted molar refractivity (Wildman–Crippen MR) is 97.5 cm³/mol. The van der Waals surface area contributed by atoms with Gasteiger partial charge in [0.2, 0.25) is 0 Å². The van der Waals surface area contributed by atoms with Crippen molar-refractivity contribution in [1.29, 1.82) is 0 Å². The van der Waals surface area contributed by atoms with E-state index in [1.807, 2.05) is 0 Å². The van der Waals surface area contributed by atoms with Crippen LogP contribution in [0.5, 0.6) is 0 Å². The summed E-state index contributed by atoms with van der Waals surface area (Å²) in [5.41, 5.74) is 2.22. The average molecular weight is 380 g/mol. The Balaban J connectivity index is 1.62. The number of aromatic nitrogens is 3. The summed E-state index contributed by atoms with van der Waals surface area (Å²) in [4.78, 5) is 58.7. The Morgan fingerprint density at radius 3 is 2.32 bits per heavy atom. The molecule has 1 aromatic carbocycles. The Morgan fingerprint density at radius 1 is 1.11 bits per heavy atom. The molecule has 9 nitrogen and oxygen atoms in total. The van der Waals surface area contributed by atoms with Gasteiger partial charge in [0.05, 0.1) is 22.9 Å². The highest BCUT2D eigenvalue weighted by molar-refractivity contribution is 6.20. The van der Waals surface area contributed by atoms with Crippen LogP contribution in [0.25, 0.3) is 11.0 Å². The fraction of sp³-hybridized carbons (Fsp3) is 0.211. The number of amides is 2. The van der Waals surface area contributed by atoms with Gasteiger partial charge in [-0.2, -0.15) is 0 Å². The van der Waals surface area contributed by atoms with Gasteiger partial charge in [-0.25, -0.2) is 9.78 Å². The first-order valence-corrected chi connectivity index (χ1v) is 8.53. The van der Waals surface area contributed by atoms with Gasteiger partial charge in [0.1, 0.15) is 0 Å². The van der Waals surface area contributed by atoms with Crippen LogP contribution in [-0.4, -0.2) is 37.6 Å². The summed E-state index contributed by atoms with van der Waals surface area (Å²) in [6.45, 7) is 3.44. The Labute approximate surface area is 158 Å². The van der Waals surface area contributed by atoms with Crippen molar-refractivity contribution in [2.24, 2.45) is 7.05 Å². The topological polar surface area (TPSA) is 114 Å². The van der Waals surface area contributed by atoms with E-state index >= 15 is 0 Å². The molecule has 3 aromatic rings. The number of hydroxylamine groups is 2. The molecular formula is C19H16N4O5. The average Bonchev–Trinajstić information content (AvgIpc) is 3.07. The number of imide groups is 1. The highest BCUT2D eigenvalue weighted by atomic mass is 16.7. The van der Waals surface area contributed by atoms with Crippen LogP contribution in [-0.2, 0) is 23.1 Å². The molecular weight excluding hydrogens is 364 g/mol. The summed E-state index contributed by atoms with van der Waals surface area (Å²) in [6, 6.07) is 6.25. The molecule has 0 spiro atoms. The minimum Gasteiger partial charge on any atom is -0.329 e. The minimum absolute atomic E-state index is 0.187. The summed E-state index contributed by atoms with van der Waals surface area (Å²) >= 11 is 0. The van der Waals surface area contributed by atoms with Crippen LogP contribution in [0.4, 0.5) is 0 Å². The Morgan fingerprint density at radius 2 is 1.71 bits per heavy atom. The lowest BCUT2D eigenvalue weighted by atomic mass is 10.0. The van der Waals surface area contributed by atoms with Gasteiger partial charge < -0.3 is 4.84 Å². The van der Waals surface area contributed by atoms with Crippen LogP contribution < -0.4 is 5.56 Å². The second kappa shape index (κ2) is 6.15. The molecule has 4 rings (SSSR count). The quantitative estimate of drug-likeness (QED) is 0.683. The van der Waals surface area contributed by atoms with E-state index in [0.717, 1.165) is 0 Å². The number of nitrogens with zero attached hydrogens (tertiary/aromatic N) is 3. The smallest absolute Gasteiger partial charge is 0.329 e. The van der Waals surface area contributed by atoms with Crippen molar-refractivity contribution < 1.29 is 19.2 Å². The number of fused-ring (bicyclic) bond motifs is 2. The lowest BCUT2D eigenvalue weighted by Gasteiger charge is -2.14. The van der Waals surface area contributed by atoms with Crippen LogP contribution >= 0.6 is 0 Å². The number of carbonyl (C=O) groups excluding carboxylic acids is 3. The second-order valence-corrected chi connectivity index (χ2v) is 6.59. The van der Waals surface area contributed by atoms with E-state index in [2.05, 4.69) is 10.1 Å². The molecule has 1 aliphatic heterocycles. The monoisotopic (exact) mass is 380 g/mol. The molecule has 2 amide bonds. The first-order chi connectivity index (χ1) is 13.3. The van der Waals surface area contributed by atoms with E-state index in [-0.39, 0.29) is 23.1 Å². The minimum atomic E-state index is -0.797. The van der Waals surface area contributed by atoms with Gasteiger partial charge in [-0.1, -0.05) is 17.2 Å². The molecule has 1 aliphatic rings. The van der Waals surface area contributed by atoms with Gasteiger partial charge in [-0.05, 0) is 37.1 Å². The van der Waals surface area contributed by atoms with Crippen LogP contribution in [0.3, 0.4) is 0 Å². The normalized spacial score (nSPS) is 13.3. The molecule has 9 heteroatoms. The van der Waals surface area contributed by atoms with Crippen molar-refractivity contribution >= 4 is 28.8 Å². The maximum Gasteiger partial charge on any atom is 0.337 e. The van der Waals surface area contributed by atoms with Gasteiger partial charge in [-0.15, -0.1) is 0 Å². The van der Waals surface area contributed by atoms with Gasteiger partial charge in [-0.3, -0.25) is 24.2 Å². The molecule has 1 N–H and O–H groups in total. The zero-order chi connectivity index (χ0) is 20.2. The first-order valence-electron chi connectivity index (χ1n) is 8.53. The van der Waals surface area contributed by atoms with E-state index in [1.165, 1.54) is 16.8 Å². The Kier molecular flexibility index (Phi) is 3.88. The third-order valence-electron chi connectivity index (χ3n) is 4.85. The summed E-state index contributed by atoms with van der Waals surface area (Å²) in [5, 5.41) is 3.49. The number of rotatable bonds is 3. The summed E-state index contributed by atoms with van der Waals surface area (Å²) in [5.74, 6) is -2.17. The number of hydrogen-bond donors (Lipinski definition) is 1. The molecule has 2 aromatic heterocycles. The van der Waals surface area contributed by atoms with Crippen molar-refractivity contribution in [2.75, 3.05) is 0 Å². The molecule has 0 fully saturated rings. The third-order valence-corrected chi connectivity index (χ3v) is 4.85. The number of H-pyrrole nitrogens is 1. The van der Waals surface area contributed by atoms with Crippen molar-refractivity contribution in [3.05, 3.63) is 62.6 Å². The van der Waals surface area contributed by atoms with Crippen LogP contribution in [0, 0.1) is 13.8 Å². The molecule has 0 aliphatic carbocycles. The first kappa shape index (κ1) is 17.7. The highest BCUT2D eigenvalue weighted by Gasteiger charge is 2.38. The maximum absolute atomic E-state index is 12.5. The lowest BCUT2D eigenvalue weighted by Crippen LogP contribution is -2.33. The van der Waals surface area contributed by atoms with Gasteiger partial charge >= 0.3 is 5.97 Å². The van der Waals surface area contributed by atoms with Gasteiger partial charge in [0, 0.05) is 12.7 Å². The highest BCUT2D eigenvalue weighted by Crippen LogP contribution is 2.24. The molecule has 0 unspecified atom stereocenters. The van der Waals surface area contributed by atoms with Crippen LogP contribution in [0.1, 0.15) is 37.5 Å². The summed E-state index contributed by atoms with van der Waals surface area (Å²) in [7, 11) is 1.67. The molecule has 0 atom stereocenters. The molecule has 0 radical (unpaired) electrons. The molecule has 0 saturated carbocycles. The van der Waals surface area contributed by atoms with E-state index in [0.29, 0.717) is 32.9 Å². The third kappa shape index (κ3) is 2.51. The summed E-state index contributed by atoms with van der Waals surface area (Å²) < 4.78 is 1.51. The predicted octanol–water partition coefficient (Wildman–Crippen LogP) is 1.18. The van der Waals surface area contributed by atoms with Crippen molar-refractivity contribution in [2.45, 2.75) is 20.3 Å². The maximum atomic E-state index is 12.5. The van der Waals surface area contributed by atoms with Crippen molar-refractivity contribution in [3.63, 3.8) is 0 Å². The second-order valence-electron chi connectivity index (χ2n) is 6.59. The lowest BCUT2D eigenvalue weighted by molar-refractivity contribution is -0.167. The van der Waals surface area contributed by atoms with E-state index in [1.54, 1.807) is 33.0 Å². The Hall–Kier alpha value is -3.75. The molecule has 3 heterocycles. The number of hydrogen-bond acceptors (Lipinski definition) is 6. The number of benzene rings is 1. The number of aryl methyl sites for hydroxylation is 3. The zero-order valence-electron chi connectivity index (χ0n) is 15.4.